The van der Waals surface area contributed by atoms with Crippen LogP contribution in [0.2, 0.25) is 0 Å². The van der Waals surface area contributed by atoms with Gasteiger partial charge in [0.1, 0.15) is 0 Å². The lowest BCUT2D eigenvalue weighted by atomic mass is 10.0. The second kappa shape index (κ2) is 9.01. The second-order valence-corrected chi connectivity index (χ2v) is 6.71. The smallest absolute Gasteiger partial charge is 0.340 e. The first-order valence-electron chi connectivity index (χ1n) is 9.21. The highest BCUT2D eigenvalue weighted by Gasteiger charge is 2.26. The summed E-state index contributed by atoms with van der Waals surface area (Å²) in [5, 5.41) is 3.18. The molecule has 2 aromatic rings. The van der Waals surface area contributed by atoms with E-state index in [0.717, 1.165) is 0 Å². The highest BCUT2D eigenvalue weighted by Crippen LogP contribution is 2.24. The molecule has 0 aliphatic carbocycles. The summed E-state index contributed by atoms with van der Waals surface area (Å²) in [6.07, 6.45) is 0. The van der Waals surface area contributed by atoms with E-state index in [0.29, 0.717) is 28.1 Å². The molecule has 0 aliphatic heterocycles. The fraction of sp³-hybridized carbons (Fsp3) is 0.429. The molecule has 2 rings (SSSR count). The van der Waals surface area contributed by atoms with E-state index in [-0.39, 0.29) is 24.2 Å². The van der Waals surface area contributed by atoms with Gasteiger partial charge in [-0.25, -0.2) is 9.18 Å². The summed E-state index contributed by atoms with van der Waals surface area (Å²) in [6, 6.07) is 3.88. The number of aromatic nitrogens is 1. The summed E-state index contributed by atoms with van der Waals surface area (Å²) in [4.78, 5) is 28.0. The molecule has 1 aromatic carbocycles. The lowest BCUT2D eigenvalue weighted by Gasteiger charge is -2.20. The van der Waals surface area contributed by atoms with Crippen molar-refractivity contribution in [2.75, 3.05) is 13.7 Å². The van der Waals surface area contributed by atoms with E-state index >= 15 is 0 Å². The van der Waals surface area contributed by atoms with Crippen molar-refractivity contribution >= 4 is 11.8 Å². The second-order valence-electron chi connectivity index (χ2n) is 6.71. The zero-order valence-electron chi connectivity index (χ0n) is 17.1. The molecule has 152 valence electrons. The minimum Gasteiger partial charge on any atom is -0.494 e. The highest BCUT2D eigenvalue weighted by atomic mass is 19.1. The Morgan fingerprint density at radius 2 is 1.93 bits per heavy atom. The van der Waals surface area contributed by atoms with Crippen LogP contribution in [0.25, 0.3) is 0 Å². The predicted octanol–water partition coefficient (Wildman–Crippen LogP) is 3.88. The van der Waals surface area contributed by atoms with Crippen LogP contribution in [0.3, 0.4) is 0 Å². The number of nitrogens with one attached hydrogen (secondary N) is 2. The lowest BCUT2D eigenvalue weighted by Crippen LogP contribution is -2.36. The molecular weight excluding hydrogens is 363 g/mol. The van der Waals surface area contributed by atoms with Gasteiger partial charge in [0.25, 0.3) is 0 Å². The van der Waals surface area contributed by atoms with Crippen molar-refractivity contribution < 1.29 is 23.5 Å². The molecule has 0 aliphatic rings. The Balaban J connectivity index is 2.17. The minimum atomic E-state index is -0.549. The maximum Gasteiger partial charge on any atom is 0.340 e. The Kier molecular flexibility index (Phi) is 6.96. The SMILES string of the molecule is CCOC(=O)c1c(C)[nH]c(C(=O)[C@@H](C)N[C@H](C)c2ccc(OC)c(F)c2)c1C. The van der Waals surface area contributed by atoms with Crippen molar-refractivity contribution in [1.29, 1.82) is 0 Å². The molecule has 0 saturated heterocycles. The van der Waals surface area contributed by atoms with Gasteiger partial charge in [0.05, 0.1) is 31.0 Å². The molecule has 6 nitrogen and oxygen atoms in total. The van der Waals surface area contributed by atoms with Crippen molar-refractivity contribution in [3.8, 4) is 5.75 Å². The number of halogens is 1. The number of benzene rings is 1. The van der Waals surface area contributed by atoms with Crippen LogP contribution >= 0.6 is 0 Å². The molecule has 0 saturated carbocycles. The number of rotatable bonds is 8. The molecular formula is C21H27FN2O4. The average molecular weight is 390 g/mol. The van der Waals surface area contributed by atoms with E-state index in [4.69, 9.17) is 9.47 Å². The number of aromatic amines is 1. The molecule has 1 aromatic heterocycles. The molecule has 0 radical (unpaired) electrons. The van der Waals surface area contributed by atoms with E-state index in [2.05, 4.69) is 10.3 Å². The van der Waals surface area contributed by atoms with Gasteiger partial charge in [-0.2, -0.15) is 0 Å². The third-order valence-corrected chi connectivity index (χ3v) is 4.73. The molecule has 0 amide bonds. The van der Waals surface area contributed by atoms with Crippen LogP contribution in [0.5, 0.6) is 5.75 Å². The molecule has 0 spiro atoms. The zero-order valence-corrected chi connectivity index (χ0v) is 17.1. The number of methoxy groups -OCH3 is 1. The molecule has 1 heterocycles. The average Bonchev–Trinajstić information content (AvgIpc) is 2.95. The van der Waals surface area contributed by atoms with Crippen LogP contribution in [-0.2, 0) is 4.74 Å². The Bertz CT molecular complexity index is 876. The number of H-pyrrole nitrogens is 1. The summed E-state index contributed by atoms with van der Waals surface area (Å²) < 4.78 is 23.9. The van der Waals surface area contributed by atoms with Crippen molar-refractivity contribution in [3.63, 3.8) is 0 Å². The number of aryl methyl sites for hydroxylation is 1. The van der Waals surface area contributed by atoms with Crippen LogP contribution in [0, 0.1) is 19.7 Å². The number of carbonyl (C=O) groups excluding carboxylic acids is 2. The van der Waals surface area contributed by atoms with Crippen LogP contribution in [0.1, 0.15) is 64.5 Å². The Morgan fingerprint density at radius 1 is 1.25 bits per heavy atom. The van der Waals surface area contributed by atoms with Gasteiger partial charge in [0.15, 0.2) is 17.3 Å². The number of carbonyl (C=O) groups is 2. The Labute approximate surface area is 164 Å². The Hall–Kier alpha value is -2.67. The summed E-state index contributed by atoms with van der Waals surface area (Å²) >= 11 is 0. The number of hydrogen-bond donors (Lipinski definition) is 2. The van der Waals surface area contributed by atoms with Gasteiger partial charge in [-0.3, -0.25) is 4.79 Å². The van der Waals surface area contributed by atoms with Gasteiger partial charge in [0, 0.05) is 11.7 Å². The summed E-state index contributed by atoms with van der Waals surface area (Å²) in [7, 11) is 1.41. The van der Waals surface area contributed by atoms with Crippen molar-refractivity contribution in [2.45, 2.75) is 46.7 Å². The molecule has 28 heavy (non-hydrogen) atoms. The van der Waals surface area contributed by atoms with E-state index < -0.39 is 17.8 Å². The maximum atomic E-state index is 13.9. The predicted molar refractivity (Wildman–Crippen MR) is 105 cm³/mol. The van der Waals surface area contributed by atoms with E-state index in [9.17, 15) is 14.0 Å². The summed E-state index contributed by atoms with van der Waals surface area (Å²) in [6.45, 7) is 9.03. The minimum absolute atomic E-state index is 0.170. The fourth-order valence-corrected chi connectivity index (χ4v) is 3.22. The van der Waals surface area contributed by atoms with Gasteiger partial charge in [-0.05, 0) is 57.9 Å². The quantitative estimate of drug-likeness (QED) is 0.528. The van der Waals surface area contributed by atoms with Gasteiger partial charge in [0.2, 0.25) is 0 Å². The number of ether oxygens (including phenoxy) is 2. The van der Waals surface area contributed by atoms with Crippen molar-refractivity contribution in [1.82, 2.24) is 10.3 Å². The first-order chi connectivity index (χ1) is 13.2. The van der Waals surface area contributed by atoms with E-state index in [1.54, 1.807) is 39.8 Å². The van der Waals surface area contributed by atoms with E-state index in [1.807, 2.05) is 6.92 Å². The summed E-state index contributed by atoms with van der Waals surface area (Å²) in [5.41, 5.74) is 2.62. The van der Waals surface area contributed by atoms with Gasteiger partial charge < -0.3 is 19.8 Å². The third-order valence-electron chi connectivity index (χ3n) is 4.73. The normalized spacial score (nSPS) is 13.1. The first kappa shape index (κ1) is 21.6. The number of Topliss-reactive ketones (excluding diaryl/α,β-unsaturated/α-hetero) is 1. The fourth-order valence-electron chi connectivity index (χ4n) is 3.22. The number of esters is 1. The largest absolute Gasteiger partial charge is 0.494 e. The zero-order chi connectivity index (χ0) is 21.0. The van der Waals surface area contributed by atoms with Crippen molar-refractivity contribution in [2.24, 2.45) is 0 Å². The molecule has 0 bridgehead atoms. The van der Waals surface area contributed by atoms with Crippen molar-refractivity contribution in [3.05, 3.63) is 52.1 Å². The summed E-state index contributed by atoms with van der Waals surface area (Å²) in [5.74, 6) is -0.918. The highest BCUT2D eigenvalue weighted by molar-refractivity contribution is 6.03. The number of ketones is 1. The molecule has 0 fully saturated rings. The number of hydrogen-bond acceptors (Lipinski definition) is 5. The third kappa shape index (κ3) is 4.42. The lowest BCUT2D eigenvalue weighted by molar-refractivity contribution is 0.0525. The van der Waals surface area contributed by atoms with Gasteiger partial charge in [-0.1, -0.05) is 6.07 Å². The first-order valence-corrected chi connectivity index (χ1v) is 9.21. The monoisotopic (exact) mass is 390 g/mol. The van der Waals surface area contributed by atoms with E-state index in [1.165, 1.54) is 13.2 Å². The molecule has 0 unspecified atom stereocenters. The van der Waals surface area contributed by atoms with Gasteiger partial charge in [-0.15, -0.1) is 0 Å². The molecule has 2 atom stereocenters. The van der Waals surface area contributed by atoms with Crippen LogP contribution in [0.4, 0.5) is 4.39 Å². The maximum absolute atomic E-state index is 13.9. The molecule has 2 N–H and O–H groups in total. The van der Waals surface area contributed by atoms with Gasteiger partial charge >= 0.3 is 5.97 Å². The standard InChI is InChI=1S/C21H27FN2O4/c1-7-28-21(26)18-11(2)19(24-13(18)4)20(25)14(5)23-12(3)15-8-9-17(27-6)16(22)10-15/h8-10,12,14,23-24H,7H2,1-6H3/t12-,14-/m1/s1. The topological polar surface area (TPSA) is 80.4 Å². The van der Waals surface area contributed by atoms with Crippen LogP contribution in [0.15, 0.2) is 18.2 Å². The molecule has 7 heteroatoms. The Morgan fingerprint density at radius 3 is 2.50 bits per heavy atom. The van der Waals surface area contributed by atoms with Crippen LogP contribution < -0.4 is 10.1 Å². The van der Waals surface area contributed by atoms with Crippen LogP contribution in [-0.4, -0.2) is 36.5 Å².